The molecule has 0 bridgehead atoms. The van der Waals surface area contributed by atoms with E-state index < -0.39 is 0 Å². The molecule has 0 aromatic heterocycles. The monoisotopic (exact) mass is 203 g/mol. The van der Waals surface area contributed by atoms with Crippen LogP contribution in [-0.4, -0.2) is 60.7 Å². The van der Waals surface area contributed by atoms with Crippen LogP contribution in [0.4, 0.5) is 0 Å². The SMILES string of the molecule is COCCN(CCO)C1CCCC1O. The molecule has 4 nitrogen and oxygen atoms in total. The highest BCUT2D eigenvalue weighted by Gasteiger charge is 2.29. The summed E-state index contributed by atoms with van der Waals surface area (Å²) in [6.07, 6.45) is 2.78. The van der Waals surface area contributed by atoms with E-state index in [9.17, 15) is 5.11 Å². The molecule has 2 N–H and O–H groups in total. The summed E-state index contributed by atoms with van der Waals surface area (Å²) in [5.74, 6) is 0. The molecule has 0 aromatic rings. The fraction of sp³-hybridized carbons (Fsp3) is 1.00. The van der Waals surface area contributed by atoms with E-state index in [4.69, 9.17) is 9.84 Å². The van der Waals surface area contributed by atoms with Gasteiger partial charge in [0.1, 0.15) is 0 Å². The molecule has 0 aliphatic heterocycles. The Morgan fingerprint density at radius 2 is 2.14 bits per heavy atom. The van der Waals surface area contributed by atoms with Crippen molar-refractivity contribution >= 4 is 0 Å². The second-order valence-corrected chi connectivity index (χ2v) is 3.82. The van der Waals surface area contributed by atoms with Crippen LogP contribution in [0.2, 0.25) is 0 Å². The number of hydrogen-bond acceptors (Lipinski definition) is 4. The summed E-state index contributed by atoms with van der Waals surface area (Å²) < 4.78 is 5.01. The van der Waals surface area contributed by atoms with Crippen LogP contribution in [-0.2, 0) is 4.74 Å². The molecule has 0 radical (unpaired) electrons. The summed E-state index contributed by atoms with van der Waals surface area (Å²) in [7, 11) is 1.67. The number of rotatable bonds is 6. The molecule has 1 rings (SSSR count). The quantitative estimate of drug-likeness (QED) is 0.630. The normalized spacial score (nSPS) is 27.4. The number of methoxy groups -OCH3 is 1. The molecular formula is C10H21NO3. The molecule has 0 amide bonds. The summed E-state index contributed by atoms with van der Waals surface area (Å²) in [6, 6.07) is 0.220. The van der Waals surface area contributed by atoms with Crippen LogP contribution in [0, 0.1) is 0 Å². The Hall–Kier alpha value is -0.160. The third kappa shape index (κ3) is 3.20. The van der Waals surface area contributed by atoms with E-state index >= 15 is 0 Å². The molecule has 0 heterocycles. The highest BCUT2D eigenvalue weighted by Crippen LogP contribution is 2.23. The van der Waals surface area contributed by atoms with E-state index in [2.05, 4.69) is 4.90 Å². The molecule has 1 aliphatic carbocycles. The van der Waals surface area contributed by atoms with E-state index in [1.807, 2.05) is 0 Å². The largest absolute Gasteiger partial charge is 0.395 e. The average Bonchev–Trinajstić information content (AvgIpc) is 2.59. The van der Waals surface area contributed by atoms with Crippen molar-refractivity contribution in [2.45, 2.75) is 31.4 Å². The third-order valence-corrected chi connectivity index (χ3v) is 2.88. The fourth-order valence-corrected chi connectivity index (χ4v) is 2.13. The topological polar surface area (TPSA) is 52.9 Å². The van der Waals surface area contributed by atoms with Crippen molar-refractivity contribution in [3.63, 3.8) is 0 Å². The molecule has 2 unspecified atom stereocenters. The number of hydrogen-bond donors (Lipinski definition) is 2. The molecular weight excluding hydrogens is 182 g/mol. The second kappa shape index (κ2) is 6.35. The van der Waals surface area contributed by atoms with E-state index in [1.165, 1.54) is 0 Å². The van der Waals surface area contributed by atoms with Crippen molar-refractivity contribution < 1.29 is 14.9 Å². The highest BCUT2D eigenvalue weighted by atomic mass is 16.5. The van der Waals surface area contributed by atoms with Crippen LogP contribution in [0.1, 0.15) is 19.3 Å². The van der Waals surface area contributed by atoms with Crippen LogP contribution < -0.4 is 0 Å². The Kier molecular flexibility index (Phi) is 5.40. The minimum absolute atomic E-state index is 0.146. The summed E-state index contributed by atoms with van der Waals surface area (Å²) in [4.78, 5) is 2.13. The van der Waals surface area contributed by atoms with Gasteiger partial charge in [-0.05, 0) is 19.3 Å². The minimum atomic E-state index is -0.224. The first-order valence-electron chi connectivity index (χ1n) is 5.31. The Labute approximate surface area is 85.5 Å². The number of nitrogens with zero attached hydrogens (tertiary/aromatic N) is 1. The summed E-state index contributed by atoms with van der Waals surface area (Å²) >= 11 is 0. The van der Waals surface area contributed by atoms with E-state index in [0.717, 1.165) is 25.8 Å². The summed E-state index contributed by atoms with van der Waals surface area (Å²) in [5, 5.41) is 18.6. The first-order valence-corrected chi connectivity index (χ1v) is 5.31. The van der Waals surface area contributed by atoms with Crippen LogP contribution in [0.25, 0.3) is 0 Å². The van der Waals surface area contributed by atoms with Gasteiger partial charge in [0.2, 0.25) is 0 Å². The number of aliphatic hydroxyl groups excluding tert-OH is 2. The lowest BCUT2D eigenvalue weighted by atomic mass is 10.2. The maximum atomic E-state index is 9.72. The zero-order chi connectivity index (χ0) is 10.4. The molecule has 14 heavy (non-hydrogen) atoms. The van der Waals surface area contributed by atoms with Crippen LogP contribution in [0.3, 0.4) is 0 Å². The first-order chi connectivity index (χ1) is 6.79. The average molecular weight is 203 g/mol. The van der Waals surface area contributed by atoms with Gasteiger partial charge in [-0.25, -0.2) is 0 Å². The molecule has 1 saturated carbocycles. The highest BCUT2D eigenvalue weighted by molar-refractivity contribution is 4.85. The van der Waals surface area contributed by atoms with E-state index in [0.29, 0.717) is 13.2 Å². The maximum absolute atomic E-state index is 9.72. The molecule has 1 aliphatic rings. The zero-order valence-electron chi connectivity index (χ0n) is 8.85. The smallest absolute Gasteiger partial charge is 0.0695 e. The van der Waals surface area contributed by atoms with Gasteiger partial charge in [-0.15, -0.1) is 0 Å². The van der Waals surface area contributed by atoms with E-state index in [-0.39, 0.29) is 18.8 Å². The molecule has 4 heteroatoms. The Bertz CT molecular complexity index is 154. The minimum Gasteiger partial charge on any atom is -0.395 e. The zero-order valence-corrected chi connectivity index (χ0v) is 8.85. The Morgan fingerprint density at radius 1 is 1.36 bits per heavy atom. The third-order valence-electron chi connectivity index (χ3n) is 2.88. The standard InChI is InChI=1S/C10H21NO3/c1-14-8-6-11(5-7-12)9-3-2-4-10(9)13/h9-10,12-13H,2-8H2,1H3. The van der Waals surface area contributed by atoms with E-state index in [1.54, 1.807) is 7.11 Å². The number of aliphatic hydroxyl groups is 2. The Balaban J connectivity index is 2.39. The van der Waals surface area contributed by atoms with Gasteiger partial charge in [-0.3, -0.25) is 4.90 Å². The van der Waals surface area contributed by atoms with Crippen LogP contribution in [0.5, 0.6) is 0 Å². The van der Waals surface area contributed by atoms with Gasteiger partial charge in [0.25, 0.3) is 0 Å². The van der Waals surface area contributed by atoms with Gasteiger partial charge in [-0.1, -0.05) is 0 Å². The van der Waals surface area contributed by atoms with Crippen molar-refractivity contribution in [2.75, 3.05) is 33.4 Å². The predicted molar refractivity (Wildman–Crippen MR) is 54.2 cm³/mol. The molecule has 0 spiro atoms. The number of ether oxygens (including phenoxy) is 1. The van der Waals surface area contributed by atoms with Crippen molar-refractivity contribution in [3.8, 4) is 0 Å². The second-order valence-electron chi connectivity index (χ2n) is 3.82. The fourth-order valence-electron chi connectivity index (χ4n) is 2.13. The van der Waals surface area contributed by atoms with Gasteiger partial charge in [0.05, 0.1) is 19.3 Å². The predicted octanol–water partition coefficient (Wildman–Crippen LogP) is -0.160. The molecule has 0 aromatic carbocycles. The lowest BCUT2D eigenvalue weighted by molar-refractivity contribution is 0.0422. The Morgan fingerprint density at radius 3 is 2.64 bits per heavy atom. The molecule has 1 fully saturated rings. The lowest BCUT2D eigenvalue weighted by Crippen LogP contribution is -2.43. The van der Waals surface area contributed by atoms with Gasteiger partial charge in [-0.2, -0.15) is 0 Å². The summed E-state index contributed by atoms with van der Waals surface area (Å²) in [6.45, 7) is 2.22. The molecule has 84 valence electrons. The van der Waals surface area contributed by atoms with Gasteiger partial charge >= 0.3 is 0 Å². The van der Waals surface area contributed by atoms with Gasteiger partial charge in [0.15, 0.2) is 0 Å². The van der Waals surface area contributed by atoms with Crippen LogP contribution in [0.15, 0.2) is 0 Å². The molecule has 2 atom stereocenters. The lowest BCUT2D eigenvalue weighted by Gasteiger charge is -2.30. The van der Waals surface area contributed by atoms with Crippen molar-refractivity contribution in [3.05, 3.63) is 0 Å². The summed E-state index contributed by atoms with van der Waals surface area (Å²) in [5.41, 5.74) is 0. The van der Waals surface area contributed by atoms with Crippen molar-refractivity contribution in [2.24, 2.45) is 0 Å². The molecule has 0 saturated heterocycles. The van der Waals surface area contributed by atoms with Gasteiger partial charge in [0, 0.05) is 26.2 Å². The first kappa shape index (κ1) is 11.9. The maximum Gasteiger partial charge on any atom is 0.0695 e. The van der Waals surface area contributed by atoms with Crippen molar-refractivity contribution in [1.82, 2.24) is 4.90 Å². The van der Waals surface area contributed by atoms with Crippen molar-refractivity contribution in [1.29, 1.82) is 0 Å². The van der Waals surface area contributed by atoms with Gasteiger partial charge < -0.3 is 14.9 Å². The van der Waals surface area contributed by atoms with Crippen LogP contribution >= 0.6 is 0 Å².